The molecule has 0 spiro atoms. The number of methoxy groups -OCH3 is 1. The molecular formula is C5H8ClFOS. The summed E-state index contributed by atoms with van der Waals surface area (Å²) in [6.45, 7) is 0.170. The van der Waals surface area contributed by atoms with E-state index in [0.717, 1.165) is 0 Å². The predicted octanol–water partition coefficient (Wildman–Crippen LogP) is 1.58. The fourth-order valence-electron chi connectivity index (χ4n) is 0.319. The minimum atomic E-state index is -1.21. The van der Waals surface area contributed by atoms with Crippen LogP contribution in [-0.4, -0.2) is 30.6 Å². The smallest absolute Gasteiger partial charge is 0.147 e. The molecule has 0 aliphatic heterocycles. The first-order valence-corrected chi connectivity index (χ1v) is 3.38. The van der Waals surface area contributed by atoms with Crippen LogP contribution in [0.15, 0.2) is 0 Å². The van der Waals surface area contributed by atoms with E-state index in [9.17, 15) is 4.39 Å². The van der Waals surface area contributed by atoms with Crippen LogP contribution < -0.4 is 0 Å². The first-order chi connectivity index (χ1) is 4.22. The Bertz CT molecular complexity index is 99.0. The van der Waals surface area contributed by atoms with Gasteiger partial charge in [0.05, 0.1) is 17.4 Å². The van der Waals surface area contributed by atoms with Crippen LogP contribution in [0.5, 0.6) is 0 Å². The number of ether oxygens (including phenoxy) is 1. The topological polar surface area (TPSA) is 9.23 Å². The third kappa shape index (κ3) is 3.78. The highest BCUT2D eigenvalue weighted by Gasteiger charge is 2.09. The molecule has 1 atom stereocenters. The molecule has 9 heavy (non-hydrogen) atoms. The third-order valence-corrected chi connectivity index (χ3v) is 1.42. The van der Waals surface area contributed by atoms with Crippen molar-refractivity contribution in [3.8, 4) is 0 Å². The second-order valence-electron chi connectivity index (χ2n) is 1.52. The molecule has 1 nitrogen and oxygen atoms in total. The Balaban J connectivity index is 3.46. The van der Waals surface area contributed by atoms with Crippen molar-refractivity contribution in [3.05, 3.63) is 0 Å². The van der Waals surface area contributed by atoms with E-state index in [0.29, 0.717) is 0 Å². The van der Waals surface area contributed by atoms with Gasteiger partial charge in [0, 0.05) is 7.11 Å². The monoisotopic (exact) mass is 170 g/mol. The van der Waals surface area contributed by atoms with Crippen molar-refractivity contribution in [2.45, 2.75) is 6.17 Å². The van der Waals surface area contributed by atoms with Gasteiger partial charge in [0.1, 0.15) is 6.17 Å². The average molecular weight is 171 g/mol. The van der Waals surface area contributed by atoms with Crippen LogP contribution in [0.1, 0.15) is 0 Å². The van der Waals surface area contributed by atoms with Crippen molar-refractivity contribution < 1.29 is 9.13 Å². The van der Waals surface area contributed by atoms with Crippen molar-refractivity contribution in [3.63, 3.8) is 0 Å². The fraction of sp³-hybridized carbons (Fsp3) is 0.800. The summed E-state index contributed by atoms with van der Waals surface area (Å²) in [5.41, 5.74) is 0. The van der Waals surface area contributed by atoms with Crippen LogP contribution in [0.2, 0.25) is 0 Å². The number of thiocarbonyl (C=S) groups is 1. The molecule has 0 bridgehead atoms. The van der Waals surface area contributed by atoms with Crippen molar-refractivity contribution in [1.29, 1.82) is 0 Å². The lowest BCUT2D eigenvalue weighted by Gasteiger charge is -2.03. The van der Waals surface area contributed by atoms with Gasteiger partial charge in [0.25, 0.3) is 0 Å². The zero-order valence-electron chi connectivity index (χ0n) is 5.06. The summed E-state index contributed by atoms with van der Waals surface area (Å²) in [6, 6.07) is 0. The summed E-state index contributed by atoms with van der Waals surface area (Å²) in [5, 5.41) is 0. The molecule has 0 aromatic rings. The molecular weight excluding hydrogens is 163 g/mol. The molecule has 4 heteroatoms. The molecule has 0 aromatic carbocycles. The fourth-order valence-corrected chi connectivity index (χ4v) is 0.798. The van der Waals surface area contributed by atoms with Crippen LogP contribution in [0.4, 0.5) is 4.39 Å². The number of rotatable bonds is 4. The van der Waals surface area contributed by atoms with Crippen molar-refractivity contribution in [1.82, 2.24) is 0 Å². The quantitative estimate of drug-likeness (QED) is 0.468. The van der Waals surface area contributed by atoms with Gasteiger partial charge < -0.3 is 4.74 Å². The van der Waals surface area contributed by atoms with E-state index >= 15 is 0 Å². The highest BCUT2D eigenvalue weighted by atomic mass is 35.5. The van der Waals surface area contributed by atoms with Crippen molar-refractivity contribution in [2.24, 2.45) is 0 Å². The van der Waals surface area contributed by atoms with Gasteiger partial charge in [-0.1, -0.05) is 12.2 Å². The van der Waals surface area contributed by atoms with Gasteiger partial charge in [0.15, 0.2) is 0 Å². The highest BCUT2D eigenvalue weighted by molar-refractivity contribution is 7.80. The zero-order chi connectivity index (χ0) is 7.28. The summed E-state index contributed by atoms with van der Waals surface area (Å²) in [4.78, 5) is 0.229. The number of hydrogen-bond acceptors (Lipinski definition) is 2. The molecule has 0 radical (unpaired) electrons. The standard InChI is InChI=1S/C5H8ClFOS/c1-8-3-5(9)4(7)2-6/h4H,2-3H2,1H3. The van der Waals surface area contributed by atoms with Gasteiger partial charge in [-0.05, 0) is 0 Å². The van der Waals surface area contributed by atoms with E-state index in [1.54, 1.807) is 0 Å². The summed E-state index contributed by atoms with van der Waals surface area (Å²) < 4.78 is 16.9. The van der Waals surface area contributed by atoms with Crippen LogP contribution in [0, 0.1) is 0 Å². The number of alkyl halides is 2. The van der Waals surface area contributed by atoms with Crippen LogP contribution in [0.3, 0.4) is 0 Å². The molecule has 0 amide bonds. The summed E-state index contributed by atoms with van der Waals surface area (Å²) in [5.74, 6) is -0.0812. The first-order valence-electron chi connectivity index (χ1n) is 2.44. The zero-order valence-corrected chi connectivity index (χ0v) is 6.64. The van der Waals surface area contributed by atoms with Gasteiger partial charge >= 0.3 is 0 Å². The highest BCUT2D eigenvalue weighted by Crippen LogP contribution is 1.98. The maximum Gasteiger partial charge on any atom is 0.147 e. The van der Waals surface area contributed by atoms with Crippen molar-refractivity contribution in [2.75, 3.05) is 19.6 Å². The molecule has 0 aliphatic carbocycles. The van der Waals surface area contributed by atoms with Crippen LogP contribution in [-0.2, 0) is 4.74 Å². The summed E-state index contributed by atoms with van der Waals surface area (Å²) in [7, 11) is 1.47. The van der Waals surface area contributed by atoms with E-state index < -0.39 is 6.17 Å². The number of hydrogen-bond donors (Lipinski definition) is 0. The Hall–Kier alpha value is 0.270. The SMILES string of the molecule is COCC(=S)C(F)CCl. The lowest BCUT2D eigenvalue weighted by atomic mass is 10.3. The Kier molecular flexibility index (Phi) is 5.24. The van der Waals surface area contributed by atoms with Gasteiger partial charge in [-0.15, -0.1) is 11.6 Å². The molecule has 54 valence electrons. The molecule has 0 aromatic heterocycles. The Morgan fingerprint density at radius 1 is 1.89 bits per heavy atom. The van der Waals surface area contributed by atoms with Gasteiger partial charge in [-0.2, -0.15) is 0 Å². The first kappa shape index (κ1) is 9.27. The van der Waals surface area contributed by atoms with E-state index in [2.05, 4.69) is 17.0 Å². The van der Waals surface area contributed by atoms with E-state index in [1.807, 2.05) is 0 Å². The lowest BCUT2D eigenvalue weighted by Crippen LogP contribution is -2.19. The lowest BCUT2D eigenvalue weighted by molar-refractivity contribution is 0.240. The molecule has 0 aliphatic rings. The second kappa shape index (κ2) is 5.09. The maximum atomic E-state index is 12.4. The second-order valence-corrected chi connectivity index (χ2v) is 2.35. The summed E-state index contributed by atoms with van der Waals surface area (Å²) >= 11 is 9.76. The average Bonchev–Trinajstić information content (AvgIpc) is 1.87. The molecule has 0 saturated heterocycles. The minimum absolute atomic E-state index is 0.0812. The number of halogens is 2. The van der Waals surface area contributed by atoms with Crippen molar-refractivity contribution >= 4 is 28.7 Å². The summed E-state index contributed by atoms with van der Waals surface area (Å²) in [6.07, 6.45) is -1.21. The van der Waals surface area contributed by atoms with E-state index in [-0.39, 0.29) is 17.4 Å². The predicted molar refractivity (Wildman–Crippen MR) is 40.1 cm³/mol. The maximum absolute atomic E-state index is 12.4. The van der Waals surface area contributed by atoms with Gasteiger partial charge in [-0.25, -0.2) is 4.39 Å². The van der Waals surface area contributed by atoms with E-state index in [4.69, 9.17) is 11.6 Å². The van der Waals surface area contributed by atoms with Crippen LogP contribution in [0.25, 0.3) is 0 Å². The minimum Gasteiger partial charge on any atom is -0.379 e. The molecule has 0 N–H and O–H groups in total. The van der Waals surface area contributed by atoms with Crippen LogP contribution >= 0.6 is 23.8 Å². The van der Waals surface area contributed by atoms with E-state index in [1.165, 1.54) is 7.11 Å². The Morgan fingerprint density at radius 3 is 2.78 bits per heavy atom. The molecule has 0 rings (SSSR count). The van der Waals surface area contributed by atoms with Gasteiger partial charge in [0.2, 0.25) is 0 Å². The molecule has 0 fully saturated rings. The molecule has 0 heterocycles. The Morgan fingerprint density at radius 2 is 2.44 bits per heavy atom. The van der Waals surface area contributed by atoms with Gasteiger partial charge in [-0.3, -0.25) is 0 Å². The molecule has 1 unspecified atom stereocenters. The molecule has 0 saturated carbocycles. The normalized spacial score (nSPS) is 13.2. The Labute approximate surface area is 64.1 Å². The third-order valence-electron chi connectivity index (χ3n) is 0.771. The largest absolute Gasteiger partial charge is 0.379 e.